The van der Waals surface area contributed by atoms with E-state index in [9.17, 15) is 0 Å². The molecule has 0 aliphatic rings. The number of aromatic nitrogens is 2. The number of para-hydroxylation sites is 2. The summed E-state index contributed by atoms with van der Waals surface area (Å²) < 4.78 is 2.17. The minimum atomic E-state index is 0.212. The van der Waals surface area contributed by atoms with Gasteiger partial charge in [0.15, 0.2) is 0 Å². The van der Waals surface area contributed by atoms with Gasteiger partial charge in [-0.1, -0.05) is 18.2 Å². The van der Waals surface area contributed by atoms with Crippen LogP contribution in [0.4, 0.5) is 0 Å². The molecule has 2 unspecified atom stereocenters. The first kappa shape index (κ1) is 13.3. The maximum absolute atomic E-state index is 4.75. The van der Waals surface area contributed by atoms with Gasteiger partial charge < -0.3 is 9.88 Å². The summed E-state index contributed by atoms with van der Waals surface area (Å²) in [5.41, 5.74) is 2.24. The molecule has 1 N–H and O–H groups in total. The molecule has 4 heteroatoms. The number of imidazole rings is 1. The molecule has 0 saturated heterocycles. The number of rotatable bonds is 4. The molecule has 3 nitrogen and oxygen atoms in total. The maximum atomic E-state index is 4.75. The summed E-state index contributed by atoms with van der Waals surface area (Å²) >= 11 is 1.79. The van der Waals surface area contributed by atoms with Crippen LogP contribution in [0.15, 0.2) is 41.8 Å². The topological polar surface area (TPSA) is 29.9 Å². The minimum Gasteiger partial charge on any atom is -0.330 e. The first-order chi connectivity index (χ1) is 9.66. The fourth-order valence-electron chi connectivity index (χ4n) is 2.62. The van der Waals surface area contributed by atoms with Gasteiger partial charge in [0.25, 0.3) is 0 Å². The molecule has 0 saturated carbocycles. The number of aryl methyl sites for hydroxylation is 1. The van der Waals surface area contributed by atoms with Crippen LogP contribution in [0, 0.1) is 0 Å². The van der Waals surface area contributed by atoms with Gasteiger partial charge in [-0.05, 0) is 37.4 Å². The third-order valence-electron chi connectivity index (χ3n) is 3.68. The van der Waals surface area contributed by atoms with Gasteiger partial charge in [0.05, 0.1) is 17.1 Å². The van der Waals surface area contributed by atoms with Crippen molar-refractivity contribution in [2.45, 2.75) is 25.9 Å². The van der Waals surface area contributed by atoms with Crippen LogP contribution in [0.25, 0.3) is 11.0 Å². The van der Waals surface area contributed by atoms with Gasteiger partial charge in [-0.15, -0.1) is 11.3 Å². The van der Waals surface area contributed by atoms with Gasteiger partial charge in [0.2, 0.25) is 0 Å². The second-order valence-electron chi connectivity index (χ2n) is 5.14. The molecule has 0 bridgehead atoms. The monoisotopic (exact) mass is 285 g/mol. The maximum Gasteiger partial charge on any atom is 0.126 e. The van der Waals surface area contributed by atoms with E-state index in [2.05, 4.69) is 66.5 Å². The lowest BCUT2D eigenvalue weighted by molar-refractivity contribution is 0.473. The smallest absolute Gasteiger partial charge is 0.126 e. The van der Waals surface area contributed by atoms with Crippen LogP contribution in [0.5, 0.6) is 0 Å². The van der Waals surface area contributed by atoms with Crippen molar-refractivity contribution in [3.8, 4) is 0 Å². The van der Waals surface area contributed by atoms with Gasteiger partial charge in [-0.3, -0.25) is 0 Å². The highest BCUT2D eigenvalue weighted by atomic mass is 32.1. The summed E-state index contributed by atoms with van der Waals surface area (Å²) in [6.07, 6.45) is 0. The number of hydrogen-bond acceptors (Lipinski definition) is 3. The average molecular weight is 285 g/mol. The van der Waals surface area contributed by atoms with Crippen LogP contribution in [-0.4, -0.2) is 9.55 Å². The summed E-state index contributed by atoms with van der Waals surface area (Å²) in [4.78, 5) is 6.11. The molecule has 0 aliphatic carbocycles. The zero-order valence-corrected chi connectivity index (χ0v) is 12.8. The average Bonchev–Trinajstić information content (AvgIpc) is 3.07. The Kier molecular flexibility index (Phi) is 3.59. The Morgan fingerprint density at radius 2 is 1.90 bits per heavy atom. The van der Waals surface area contributed by atoms with Crippen LogP contribution < -0.4 is 5.32 Å². The molecule has 0 aliphatic heterocycles. The van der Waals surface area contributed by atoms with Crippen LogP contribution in [0.1, 0.15) is 36.6 Å². The predicted octanol–water partition coefficient (Wildman–Crippen LogP) is 4.05. The van der Waals surface area contributed by atoms with Crippen molar-refractivity contribution >= 4 is 22.4 Å². The Morgan fingerprint density at radius 3 is 2.60 bits per heavy atom. The predicted molar refractivity (Wildman–Crippen MR) is 85.0 cm³/mol. The highest BCUT2D eigenvalue weighted by Gasteiger charge is 2.17. The van der Waals surface area contributed by atoms with E-state index in [0.717, 1.165) is 11.3 Å². The summed E-state index contributed by atoms with van der Waals surface area (Å²) in [5, 5.41) is 5.75. The van der Waals surface area contributed by atoms with Crippen molar-refractivity contribution in [1.29, 1.82) is 0 Å². The summed E-state index contributed by atoms with van der Waals surface area (Å²) in [6.45, 7) is 4.37. The lowest BCUT2D eigenvalue weighted by Gasteiger charge is -2.19. The van der Waals surface area contributed by atoms with Crippen molar-refractivity contribution in [3.63, 3.8) is 0 Å². The van der Waals surface area contributed by atoms with Crippen LogP contribution >= 0.6 is 11.3 Å². The molecule has 104 valence electrons. The highest BCUT2D eigenvalue weighted by molar-refractivity contribution is 7.10. The SMILES string of the molecule is CC(NC(C)c1nc2ccccc2n1C)c1cccs1. The molecule has 3 aromatic rings. The van der Waals surface area contributed by atoms with Gasteiger partial charge in [-0.25, -0.2) is 4.98 Å². The second-order valence-corrected chi connectivity index (χ2v) is 6.12. The Morgan fingerprint density at radius 1 is 1.10 bits per heavy atom. The zero-order chi connectivity index (χ0) is 14.1. The number of nitrogens with zero attached hydrogens (tertiary/aromatic N) is 2. The highest BCUT2D eigenvalue weighted by Crippen LogP contribution is 2.24. The molecular formula is C16H19N3S. The van der Waals surface area contributed by atoms with E-state index < -0.39 is 0 Å². The summed E-state index contributed by atoms with van der Waals surface area (Å²) in [7, 11) is 2.08. The van der Waals surface area contributed by atoms with Crippen molar-refractivity contribution in [3.05, 3.63) is 52.5 Å². The fourth-order valence-corrected chi connectivity index (χ4v) is 3.36. The van der Waals surface area contributed by atoms with E-state index in [-0.39, 0.29) is 6.04 Å². The Balaban J connectivity index is 1.85. The van der Waals surface area contributed by atoms with E-state index >= 15 is 0 Å². The van der Waals surface area contributed by atoms with Crippen molar-refractivity contribution in [2.24, 2.45) is 7.05 Å². The molecule has 0 spiro atoms. The third kappa shape index (κ3) is 2.37. The Hall–Kier alpha value is -1.65. The van der Waals surface area contributed by atoms with Crippen molar-refractivity contribution in [1.82, 2.24) is 14.9 Å². The Labute approximate surface area is 123 Å². The van der Waals surface area contributed by atoms with Crippen molar-refractivity contribution < 1.29 is 0 Å². The largest absolute Gasteiger partial charge is 0.330 e. The molecular weight excluding hydrogens is 266 g/mol. The van der Waals surface area contributed by atoms with E-state index in [0.29, 0.717) is 6.04 Å². The number of thiophene rings is 1. The molecule has 0 amide bonds. The number of benzene rings is 1. The molecule has 20 heavy (non-hydrogen) atoms. The standard InChI is InChI=1S/C16H19N3S/c1-11(15-9-6-10-20-15)17-12(2)16-18-13-7-4-5-8-14(13)19(16)3/h4-12,17H,1-3H3. The van der Waals surface area contributed by atoms with E-state index in [1.54, 1.807) is 11.3 Å². The quantitative estimate of drug-likeness (QED) is 0.784. The summed E-state index contributed by atoms with van der Waals surface area (Å²) in [6, 6.07) is 13.1. The lowest BCUT2D eigenvalue weighted by Crippen LogP contribution is -2.24. The van der Waals surface area contributed by atoms with Crippen molar-refractivity contribution in [2.75, 3.05) is 0 Å². The number of nitrogens with one attached hydrogen (secondary N) is 1. The first-order valence-corrected chi connectivity index (χ1v) is 7.75. The zero-order valence-electron chi connectivity index (χ0n) is 12.0. The van der Waals surface area contributed by atoms with Gasteiger partial charge >= 0.3 is 0 Å². The van der Waals surface area contributed by atoms with Gasteiger partial charge in [-0.2, -0.15) is 0 Å². The second kappa shape index (κ2) is 5.38. The number of hydrogen-bond donors (Lipinski definition) is 1. The molecule has 0 radical (unpaired) electrons. The third-order valence-corrected chi connectivity index (χ3v) is 4.73. The van der Waals surface area contributed by atoms with Gasteiger partial charge in [0.1, 0.15) is 5.82 Å². The van der Waals surface area contributed by atoms with Crippen LogP contribution in [-0.2, 0) is 7.05 Å². The van der Waals surface area contributed by atoms with E-state index in [4.69, 9.17) is 4.98 Å². The lowest BCUT2D eigenvalue weighted by atomic mass is 10.2. The summed E-state index contributed by atoms with van der Waals surface area (Å²) in [5.74, 6) is 1.08. The van der Waals surface area contributed by atoms with E-state index in [1.165, 1.54) is 10.4 Å². The van der Waals surface area contributed by atoms with Crippen LogP contribution in [0.2, 0.25) is 0 Å². The minimum absolute atomic E-state index is 0.212. The molecule has 2 heterocycles. The molecule has 2 aromatic heterocycles. The van der Waals surface area contributed by atoms with Gasteiger partial charge in [0, 0.05) is 18.0 Å². The molecule has 2 atom stereocenters. The Bertz CT molecular complexity index is 700. The molecule has 3 rings (SSSR count). The number of fused-ring (bicyclic) bond motifs is 1. The van der Waals surface area contributed by atoms with Crippen LogP contribution in [0.3, 0.4) is 0 Å². The first-order valence-electron chi connectivity index (χ1n) is 6.87. The fraction of sp³-hybridized carbons (Fsp3) is 0.312. The molecule has 1 aromatic carbocycles. The van der Waals surface area contributed by atoms with E-state index in [1.807, 2.05) is 6.07 Å². The normalized spacial score (nSPS) is 14.6. The molecule has 0 fully saturated rings.